The van der Waals surface area contributed by atoms with Gasteiger partial charge in [-0.15, -0.1) is 12.4 Å². The number of hydrogen-bond donors (Lipinski definition) is 2. The molecule has 1 aromatic carbocycles. The number of anilines is 1. The standard InChI is InChI=1S/C22H27N5O2.ClH/c1-26-13-15(10-24-26)17-11-23-12-18(17)22(29)27-8-6-14(7-9-27)20-16-4-2-3-5-19(16)25-21(20)28;/h2-5,10,13-14,17-18,20,23H,6-9,11-12H2,1H3,(H,25,28);1H/t17-,18+,20?;/m1./s1. The Labute approximate surface area is 182 Å². The van der Waals surface area contributed by atoms with Gasteiger partial charge in [-0.05, 0) is 36.0 Å². The molecule has 3 atom stereocenters. The van der Waals surface area contributed by atoms with E-state index in [1.54, 1.807) is 4.68 Å². The van der Waals surface area contributed by atoms with Crippen molar-refractivity contribution in [1.29, 1.82) is 0 Å². The van der Waals surface area contributed by atoms with Crippen molar-refractivity contribution in [3.63, 3.8) is 0 Å². The number of rotatable bonds is 3. The lowest BCUT2D eigenvalue weighted by Crippen LogP contribution is -2.44. The molecule has 0 radical (unpaired) electrons. The van der Waals surface area contributed by atoms with E-state index in [0.29, 0.717) is 5.92 Å². The van der Waals surface area contributed by atoms with Gasteiger partial charge in [-0.2, -0.15) is 5.10 Å². The monoisotopic (exact) mass is 429 g/mol. The van der Waals surface area contributed by atoms with Crippen LogP contribution in [0.1, 0.15) is 35.8 Å². The first-order chi connectivity index (χ1) is 14.1. The number of aryl methyl sites for hydroxylation is 1. The van der Waals surface area contributed by atoms with Crippen LogP contribution in [-0.2, 0) is 16.6 Å². The topological polar surface area (TPSA) is 79.3 Å². The molecule has 8 heteroatoms. The number of aromatic nitrogens is 2. The predicted molar refractivity (Wildman–Crippen MR) is 117 cm³/mol. The fourth-order valence-corrected chi connectivity index (χ4v) is 5.31. The van der Waals surface area contributed by atoms with Crippen LogP contribution >= 0.6 is 12.4 Å². The second-order valence-corrected chi connectivity index (χ2v) is 8.54. The third kappa shape index (κ3) is 3.61. The number of likely N-dealkylation sites (tertiary alicyclic amines) is 1. The molecule has 2 saturated heterocycles. The van der Waals surface area contributed by atoms with E-state index >= 15 is 0 Å². The summed E-state index contributed by atoms with van der Waals surface area (Å²) in [5.74, 6) is 0.692. The molecule has 0 saturated carbocycles. The lowest BCUT2D eigenvalue weighted by Gasteiger charge is -2.36. The minimum Gasteiger partial charge on any atom is -0.342 e. The minimum atomic E-state index is -0.0836. The highest BCUT2D eigenvalue weighted by molar-refractivity contribution is 6.03. The molecule has 0 aliphatic carbocycles. The van der Waals surface area contributed by atoms with Gasteiger partial charge in [-0.25, -0.2) is 0 Å². The molecule has 2 amide bonds. The third-order valence-corrected chi connectivity index (χ3v) is 6.84. The zero-order valence-corrected chi connectivity index (χ0v) is 17.9. The van der Waals surface area contributed by atoms with Gasteiger partial charge in [0.15, 0.2) is 0 Å². The van der Waals surface area contributed by atoms with Crippen LogP contribution in [0, 0.1) is 11.8 Å². The zero-order chi connectivity index (χ0) is 20.0. The molecule has 2 N–H and O–H groups in total. The maximum absolute atomic E-state index is 13.3. The molecule has 1 aromatic heterocycles. The first kappa shape index (κ1) is 20.9. The Hall–Kier alpha value is -2.38. The Balaban J connectivity index is 0.00000218. The number of benzene rings is 1. The molecule has 3 aliphatic heterocycles. The number of nitrogens with one attached hydrogen (secondary N) is 2. The number of amides is 2. The van der Waals surface area contributed by atoms with Crippen LogP contribution in [0.2, 0.25) is 0 Å². The van der Waals surface area contributed by atoms with E-state index in [1.165, 1.54) is 0 Å². The maximum Gasteiger partial charge on any atom is 0.232 e. The average Bonchev–Trinajstić information content (AvgIpc) is 3.45. The van der Waals surface area contributed by atoms with Gasteiger partial charge < -0.3 is 15.5 Å². The highest BCUT2D eigenvalue weighted by Crippen LogP contribution is 2.41. The summed E-state index contributed by atoms with van der Waals surface area (Å²) >= 11 is 0. The van der Waals surface area contributed by atoms with Crippen LogP contribution in [0.25, 0.3) is 0 Å². The van der Waals surface area contributed by atoms with E-state index in [1.807, 2.05) is 42.5 Å². The molecule has 30 heavy (non-hydrogen) atoms. The fourth-order valence-electron chi connectivity index (χ4n) is 5.31. The summed E-state index contributed by atoms with van der Waals surface area (Å²) in [7, 11) is 1.91. The Morgan fingerprint density at radius 2 is 1.93 bits per heavy atom. The van der Waals surface area contributed by atoms with Crippen LogP contribution in [0.5, 0.6) is 0 Å². The summed E-state index contributed by atoms with van der Waals surface area (Å²) in [6.07, 6.45) is 5.63. The number of carbonyl (C=O) groups is 2. The average molecular weight is 430 g/mol. The van der Waals surface area contributed by atoms with Crippen molar-refractivity contribution in [2.24, 2.45) is 18.9 Å². The minimum absolute atomic E-state index is 0. The molecule has 5 rings (SSSR count). The SMILES string of the molecule is Cl.Cn1cc([C@H]2CNC[C@@H]2C(=O)N2CCC(C3C(=O)Nc4ccccc43)CC2)cn1. The molecular weight excluding hydrogens is 402 g/mol. The second kappa shape index (κ2) is 8.40. The van der Waals surface area contributed by atoms with E-state index in [4.69, 9.17) is 0 Å². The molecule has 160 valence electrons. The van der Waals surface area contributed by atoms with Crippen LogP contribution < -0.4 is 10.6 Å². The summed E-state index contributed by atoms with van der Waals surface area (Å²) in [5, 5.41) is 10.7. The predicted octanol–water partition coefficient (Wildman–Crippen LogP) is 2.12. The van der Waals surface area contributed by atoms with E-state index in [-0.39, 0.29) is 42.0 Å². The smallest absolute Gasteiger partial charge is 0.232 e. The number of hydrogen-bond acceptors (Lipinski definition) is 4. The molecule has 0 spiro atoms. The normalized spacial score (nSPS) is 26.2. The van der Waals surface area contributed by atoms with Gasteiger partial charge in [-0.1, -0.05) is 18.2 Å². The molecule has 2 aromatic rings. The van der Waals surface area contributed by atoms with Crippen molar-refractivity contribution in [2.45, 2.75) is 24.7 Å². The van der Waals surface area contributed by atoms with Gasteiger partial charge in [0, 0.05) is 51.0 Å². The number of fused-ring (bicyclic) bond motifs is 1. The lowest BCUT2D eigenvalue weighted by atomic mass is 9.80. The first-order valence-corrected chi connectivity index (χ1v) is 10.5. The molecule has 2 fully saturated rings. The van der Waals surface area contributed by atoms with Crippen molar-refractivity contribution in [3.8, 4) is 0 Å². The number of halogens is 1. The van der Waals surface area contributed by atoms with Gasteiger partial charge >= 0.3 is 0 Å². The lowest BCUT2D eigenvalue weighted by molar-refractivity contribution is -0.137. The van der Waals surface area contributed by atoms with Gasteiger partial charge in [0.25, 0.3) is 0 Å². The summed E-state index contributed by atoms with van der Waals surface area (Å²) < 4.78 is 1.80. The van der Waals surface area contributed by atoms with Crippen molar-refractivity contribution in [2.75, 3.05) is 31.5 Å². The number of nitrogens with zero attached hydrogens (tertiary/aromatic N) is 3. The fraction of sp³-hybridized carbons (Fsp3) is 0.500. The van der Waals surface area contributed by atoms with Crippen LogP contribution in [0.4, 0.5) is 5.69 Å². The third-order valence-electron chi connectivity index (χ3n) is 6.84. The number of carbonyl (C=O) groups excluding carboxylic acids is 2. The summed E-state index contributed by atoms with van der Waals surface area (Å²) in [6, 6.07) is 7.98. The first-order valence-electron chi connectivity index (χ1n) is 10.5. The van der Waals surface area contributed by atoms with Gasteiger partial charge in [0.2, 0.25) is 11.8 Å². The quantitative estimate of drug-likeness (QED) is 0.783. The van der Waals surface area contributed by atoms with Crippen LogP contribution in [-0.4, -0.2) is 52.7 Å². The van der Waals surface area contributed by atoms with Crippen LogP contribution in [0.15, 0.2) is 36.7 Å². The molecule has 3 aliphatic rings. The largest absolute Gasteiger partial charge is 0.342 e. The molecule has 1 unspecified atom stereocenters. The van der Waals surface area contributed by atoms with E-state index in [9.17, 15) is 9.59 Å². The molecule has 4 heterocycles. The van der Waals surface area contributed by atoms with Gasteiger partial charge in [0.05, 0.1) is 18.0 Å². The van der Waals surface area contributed by atoms with E-state index < -0.39 is 0 Å². The van der Waals surface area contributed by atoms with Crippen molar-refractivity contribution < 1.29 is 9.59 Å². The summed E-state index contributed by atoms with van der Waals surface area (Å²) in [5.41, 5.74) is 3.18. The number of piperidine rings is 1. The summed E-state index contributed by atoms with van der Waals surface area (Å²) in [6.45, 7) is 2.99. The highest BCUT2D eigenvalue weighted by Gasteiger charge is 2.41. The van der Waals surface area contributed by atoms with Crippen molar-refractivity contribution in [3.05, 3.63) is 47.8 Å². The Bertz CT molecular complexity index is 937. The molecular formula is C22H28ClN5O2. The highest BCUT2D eigenvalue weighted by atomic mass is 35.5. The van der Waals surface area contributed by atoms with Gasteiger partial charge in [0.1, 0.15) is 0 Å². The van der Waals surface area contributed by atoms with Crippen LogP contribution in [0.3, 0.4) is 0 Å². The van der Waals surface area contributed by atoms with Crippen molar-refractivity contribution in [1.82, 2.24) is 20.0 Å². The second-order valence-electron chi connectivity index (χ2n) is 8.54. The van der Waals surface area contributed by atoms with Crippen molar-refractivity contribution >= 4 is 29.9 Å². The van der Waals surface area contributed by atoms with E-state index in [0.717, 1.165) is 55.8 Å². The number of para-hydroxylation sites is 1. The Kier molecular flexibility index (Phi) is 5.84. The Morgan fingerprint density at radius 3 is 2.67 bits per heavy atom. The zero-order valence-electron chi connectivity index (χ0n) is 17.1. The maximum atomic E-state index is 13.3. The molecule has 0 bridgehead atoms. The molecule has 7 nitrogen and oxygen atoms in total. The Morgan fingerprint density at radius 1 is 1.17 bits per heavy atom. The summed E-state index contributed by atoms with van der Waals surface area (Å²) in [4.78, 5) is 27.8. The van der Waals surface area contributed by atoms with E-state index in [2.05, 4.69) is 21.8 Å². The van der Waals surface area contributed by atoms with Gasteiger partial charge in [-0.3, -0.25) is 14.3 Å².